The Hall–Kier alpha value is -3.19. The van der Waals surface area contributed by atoms with Crippen LogP contribution in [0.3, 0.4) is 0 Å². The molecule has 0 saturated carbocycles. The maximum Gasteiger partial charge on any atom is 0.278 e. The van der Waals surface area contributed by atoms with Crippen molar-refractivity contribution in [2.24, 2.45) is 14.1 Å². The molecule has 4 rings (SSSR count). The number of nitrogens with zero attached hydrogens (tertiary/aromatic N) is 4. The summed E-state index contributed by atoms with van der Waals surface area (Å²) in [6.07, 6.45) is 2.76. The number of aromatic hydroxyl groups is 1. The van der Waals surface area contributed by atoms with Gasteiger partial charge < -0.3 is 5.11 Å². The molecule has 0 aliphatic rings. The van der Waals surface area contributed by atoms with E-state index in [0.29, 0.717) is 23.4 Å². The monoisotopic (exact) mass is 426 g/mol. The fourth-order valence-electron chi connectivity index (χ4n) is 3.73. The molecule has 0 aliphatic heterocycles. The van der Waals surface area contributed by atoms with Gasteiger partial charge in [-0.25, -0.2) is 9.07 Å². The van der Waals surface area contributed by atoms with E-state index in [2.05, 4.69) is 10.2 Å². The first-order valence-electron chi connectivity index (χ1n) is 9.42. The topological polar surface area (TPSA) is 72.9 Å². The molecule has 0 radical (unpaired) electrons. The quantitative estimate of drug-likeness (QED) is 0.536. The second-order valence-electron chi connectivity index (χ2n) is 7.28. The summed E-state index contributed by atoms with van der Waals surface area (Å²) in [5.74, 6) is -0.951. The SMILES string of the molecule is Cc1nn(C)c(=O)c(-c2c(F)ccc(Cl)c2CCc2ccc3c(cnn3C)c2)c1O. The molecule has 4 aromatic rings. The van der Waals surface area contributed by atoms with Gasteiger partial charge in [0, 0.05) is 30.1 Å². The molecule has 2 heterocycles. The van der Waals surface area contributed by atoms with E-state index in [1.165, 1.54) is 19.2 Å². The Bertz CT molecular complexity index is 1340. The van der Waals surface area contributed by atoms with E-state index >= 15 is 0 Å². The summed E-state index contributed by atoms with van der Waals surface area (Å²) in [6.45, 7) is 1.56. The third kappa shape index (κ3) is 3.35. The van der Waals surface area contributed by atoms with Crippen LogP contribution in [0, 0.1) is 12.7 Å². The van der Waals surface area contributed by atoms with Crippen molar-refractivity contribution in [3.63, 3.8) is 0 Å². The fourth-order valence-corrected chi connectivity index (χ4v) is 3.99. The van der Waals surface area contributed by atoms with Crippen molar-refractivity contribution in [1.29, 1.82) is 0 Å². The van der Waals surface area contributed by atoms with Gasteiger partial charge in [0.25, 0.3) is 5.56 Å². The maximum atomic E-state index is 14.9. The van der Waals surface area contributed by atoms with Gasteiger partial charge in [0.05, 0.1) is 17.3 Å². The summed E-state index contributed by atoms with van der Waals surface area (Å²) in [5.41, 5.74) is 2.07. The summed E-state index contributed by atoms with van der Waals surface area (Å²) >= 11 is 6.41. The fraction of sp³-hybridized carbons (Fsp3) is 0.227. The Kier molecular flexibility index (Phi) is 5.07. The number of rotatable bonds is 4. The lowest BCUT2D eigenvalue weighted by Crippen LogP contribution is -2.23. The number of hydrogen-bond donors (Lipinski definition) is 1. The van der Waals surface area contributed by atoms with Crippen LogP contribution in [0.15, 0.2) is 41.3 Å². The molecule has 2 aromatic carbocycles. The number of hydrogen-bond acceptors (Lipinski definition) is 4. The molecule has 30 heavy (non-hydrogen) atoms. The third-order valence-electron chi connectivity index (χ3n) is 5.32. The molecule has 0 saturated heterocycles. The molecular weight excluding hydrogens is 407 g/mol. The second kappa shape index (κ2) is 7.57. The van der Waals surface area contributed by atoms with Crippen molar-refractivity contribution in [2.75, 3.05) is 0 Å². The van der Waals surface area contributed by atoms with Crippen LogP contribution in [-0.4, -0.2) is 24.7 Å². The Balaban J connectivity index is 1.80. The summed E-state index contributed by atoms with van der Waals surface area (Å²) in [5, 5.41) is 20.1. The van der Waals surface area contributed by atoms with Crippen LogP contribution in [0.1, 0.15) is 16.8 Å². The largest absolute Gasteiger partial charge is 0.505 e. The van der Waals surface area contributed by atoms with Crippen molar-refractivity contribution < 1.29 is 9.50 Å². The van der Waals surface area contributed by atoms with Gasteiger partial charge in [-0.1, -0.05) is 17.7 Å². The van der Waals surface area contributed by atoms with Gasteiger partial charge in [-0.15, -0.1) is 0 Å². The first-order chi connectivity index (χ1) is 14.3. The Morgan fingerprint density at radius 3 is 2.63 bits per heavy atom. The zero-order valence-electron chi connectivity index (χ0n) is 16.8. The van der Waals surface area contributed by atoms with Crippen LogP contribution in [0.25, 0.3) is 22.0 Å². The van der Waals surface area contributed by atoms with Gasteiger partial charge in [-0.3, -0.25) is 9.48 Å². The molecule has 154 valence electrons. The highest BCUT2D eigenvalue weighted by Crippen LogP contribution is 2.36. The van der Waals surface area contributed by atoms with Gasteiger partial charge in [0.2, 0.25) is 0 Å². The van der Waals surface area contributed by atoms with Crippen molar-refractivity contribution in [1.82, 2.24) is 19.6 Å². The molecule has 0 bridgehead atoms. The van der Waals surface area contributed by atoms with Crippen LogP contribution in [0.2, 0.25) is 5.02 Å². The van der Waals surface area contributed by atoms with Gasteiger partial charge in [0.1, 0.15) is 11.5 Å². The van der Waals surface area contributed by atoms with Crippen LogP contribution in [-0.2, 0) is 26.9 Å². The van der Waals surface area contributed by atoms with Crippen LogP contribution in [0.4, 0.5) is 4.39 Å². The first-order valence-corrected chi connectivity index (χ1v) is 9.80. The number of fused-ring (bicyclic) bond motifs is 1. The molecule has 8 heteroatoms. The van der Waals surface area contributed by atoms with Crippen molar-refractivity contribution in [2.45, 2.75) is 19.8 Å². The van der Waals surface area contributed by atoms with E-state index in [-0.39, 0.29) is 22.6 Å². The minimum absolute atomic E-state index is 0.0218. The van der Waals surface area contributed by atoms with E-state index < -0.39 is 11.4 Å². The number of benzene rings is 2. The lowest BCUT2D eigenvalue weighted by atomic mass is 9.94. The van der Waals surface area contributed by atoms with E-state index in [1.807, 2.05) is 25.2 Å². The highest BCUT2D eigenvalue weighted by Gasteiger charge is 2.23. The molecule has 1 N–H and O–H groups in total. The number of aryl methyl sites for hydroxylation is 4. The Labute approximate surface area is 177 Å². The molecule has 6 nitrogen and oxygen atoms in total. The lowest BCUT2D eigenvalue weighted by Gasteiger charge is -2.15. The molecular formula is C22H20ClFN4O2. The average Bonchev–Trinajstić information content (AvgIpc) is 3.08. The zero-order chi connectivity index (χ0) is 21.6. The summed E-state index contributed by atoms with van der Waals surface area (Å²) in [7, 11) is 3.34. The van der Waals surface area contributed by atoms with Gasteiger partial charge in [-0.2, -0.15) is 10.2 Å². The highest BCUT2D eigenvalue weighted by atomic mass is 35.5. The van der Waals surface area contributed by atoms with Gasteiger partial charge in [-0.05, 0) is 55.2 Å². The van der Waals surface area contributed by atoms with Crippen molar-refractivity contribution >= 4 is 22.5 Å². The van der Waals surface area contributed by atoms with Crippen LogP contribution >= 0.6 is 11.6 Å². The predicted octanol–water partition coefficient (Wildman–Crippen LogP) is 3.93. The number of halogens is 2. The molecule has 0 amide bonds. The molecule has 2 aromatic heterocycles. The summed E-state index contributed by atoms with van der Waals surface area (Å²) in [4.78, 5) is 12.7. The maximum absolute atomic E-state index is 14.9. The summed E-state index contributed by atoms with van der Waals surface area (Å²) < 4.78 is 17.8. The average molecular weight is 427 g/mol. The predicted molar refractivity (Wildman–Crippen MR) is 114 cm³/mol. The molecule has 0 atom stereocenters. The van der Waals surface area contributed by atoms with E-state index in [0.717, 1.165) is 21.1 Å². The van der Waals surface area contributed by atoms with Crippen molar-refractivity contribution in [3.8, 4) is 16.9 Å². The smallest absolute Gasteiger partial charge is 0.278 e. The van der Waals surface area contributed by atoms with Crippen LogP contribution in [0.5, 0.6) is 5.75 Å². The van der Waals surface area contributed by atoms with Gasteiger partial charge >= 0.3 is 0 Å². The highest BCUT2D eigenvalue weighted by molar-refractivity contribution is 6.31. The van der Waals surface area contributed by atoms with E-state index in [9.17, 15) is 14.3 Å². The molecule has 0 aliphatic carbocycles. The van der Waals surface area contributed by atoms with Crippen LogP contribution < -0.4 is 5.56 Å². The summed E-state index contributed by atoms with van der Waals surface area (Å²) in [6, 6.07) is 8.68. The standard InChI is InChI=1S/C22H20ClFN4O2/c1-12-21(29)20(22(30)28(3)26-12)19-15(16(23)7-8-17(19)24)6-4-13-5-9-18-14(10-13)11-25-27(18)2/h5,7-11,29H,4,6H2,1-3H3. The molecule has 0 fully saturated rings. The third-order valence-corrected chi connectivity index (χ3v) is 5.67. The zero-order valence-corrected chi connectivity index (χ0v) is 17.5. The molecule has 0 spiro atoms. The Morgan fingerprint density at radius 2 is 1.87 bits per heavy atom. The van der Waals surface area contributed by atoms with Crippen molar-refractivity contribution in [3.05, 3.63) is 74.5 Å². The Morgan fingerprint density at radius 1 is 1.10 bits per heavy atom. The number of aromatic nitrogens is 4. The van der Waals surface area contributed by atoms with Gasteiger partial charge in [0.15, 0.2) is 5.75 Å². The minimum Gasteiger partial charge on any atom is -0.505 e. The van der Waals surface area contributed by atoms with E-state index in [4.69, 9.17) is 11.6 Å². The lowest BCUT2D eigenvalue weighted by molar-refractivity contribution is 0.460. The molecule has 0 unspecified atom stereocenters. The second-order valence-corrected chi connectivity index (χ2v) is 7.69. The normalized spacial score (nSPS) is 11.4. The minimum atomic E-state index is -0.616. The first kappa shape index (κ1) is 20.1. The van der Waals surface area contributed by atoms with E-state index in [1.54, 1.807) is 17.8 Å².